The molecule has 1 aliphatic heterocycles. The highest BCUT2D eigenvalue weighted by Crippen LogP contribution is 2.49. The topological polar surface area (TPSA) is 125 Å². The lowest BCUT2D eigenvalue weighted by Crippen LogP contribution is -2.48. The SMILES string of the molecule is CC(NC(=O)O)C(CN1C(=O)c2ccccc2C1=O)CC1(CCNC(=O)OC(C)(C)C)CCC1. The molecule has 1 aromatic rings. The summed E-state index contributed by atoms with van der Waals surface area (Å²) >= 11 is 0. The van der Waals surface area contributed by atoms with Crippen molar-refractivity contribution in [3.05, 3.63) is 35.4 Å². The molecule has 0 spiro atoms. The molecule has 1 fully saturated rings. The standard InChI is InChI=1S/C25H35N3O6/c1-16(27-22(31)32)17(15-28-20(29)18-8-5-6-9-19(18)21(28)30)14-25(10-7-11-25)12-13-26-23(33)34-24(2,3)4/h5-6,8-9,16-17,27H,7,10-15H2,1-4H3,(H,26,33)(H,31,32). The van der Waals surface area contributed by atoms with Crippen molar-refractivity contribution in [3.63, 3.8) is 0 Å². The highest BCUT2D eigenvalue weighted by molar-refractivity contribution is 6.21. The monoisotopic (exact) mass is 473 g/mol. The Hall–Kier alpha value is -3.10. The number of nitrogens with zero attached hydrogens (tertiary/aromatic N) is 1. The number of benzene rings is 1. The van der Waals surface area contributed by atoms with Gasteiger partial charge in [0.05, 0.1) is 11.1 Å². The van der Waals surface area contributed by atoms with Crippen molar-refractivity contribution in [2.75, 3.05) is 13.1 Å². The van der Waals surface area contributed by atoms with Crippen LogP contribution in [0.25, 0.3) is 0 Å². The molecular formula is C25H35N3O6. The van der Waals surface area contributed by atoms with Gasteiger partial charge in [-0.2, -0.15) is 0 Å². The lowest BCUT2D eigenvalue weighted by molar-refractivity contribution is 0.0401. The smallest absolute Gasteiger partial charge is 0.407 e. The Bertz CT molecular complexity index is 915. The van der Waals surface area contributed by atoms with Gasteiger partial charge in [-0.05, 0) is 76.8 Å². The fourth-order valence-corrected chi connectivity index (χ4v) is 4.88. The molecule has 1 aliphatic carbocycles. The number of carbonyl (C=O) groups is 4. The minimum atomic E-state index is -1.14. The summed E-state index contributed by atoms with van der Waals surface area (Å²) in [6.45, 7) is 7.76. The van der Waals surface area contributed by atoms with Crippen LogP contribution in [0.5, 0.6) is 0 Å². The van der Waals surface area contributed by atoms with Crippen LogP contribution in [-0.2, 0) is 4.74 Å². The number of rotatable bonds is 9. The molecule has 1 heterocycles. The third-order valence-corrected chi connectivity index (χ3v) is 6.79. The molecule has 1 saturated carbocycles. The summed E-state index contributed by atoms with van der Waals surface area (Å²) in [6.07, 6.45) is 2.68. The number of imide groups is 1. The van der Waals surface area contributed by atoms with Gasteiger partial charge in [-0.3, -0.25) is 14.5 Å². The van der Waals surface area contributed by atoms with E-state index < -0.39 is 23.8 Å². The van der Waals surface area contributed by atoms with Crippen LogP contribution in [0.15, 0.2) is 24.3 Å². The summed E-state index contributed by atoms with van der Waals surface area (Å²) in [7, 11) is 0. The van der Waals surface area contributed by atoms with E-state index in [4.69, 9.17) is 4.74 Å². The maximum absolute atomic E-state index is 12.9. The number of carbonyl (C=O) groups excluding carboxylic acids is 3. The van der Waals surface area contributed by atoms with Crippen LogP contribution in [0.3, 0.4) is 0 Å². The van der Waals surface area contributed by atoms with E-state index >= 15 is 0 Å². The largest absolute Gasteiger partial charge is 0.465 e. The maximum atomic E-state index is 12.9. The Balaban J connectivity index is 1.69. The summed E-state index contributed by atoms with van der Waals surface area (Å²) in [5.74, 6) is -0.954. The first kappa shape index (κ1) is 25.5. The fraction of sp³-hybridized carbons (Fsp3) is 0.600. The molecule has 0 saturated heterocycles. The average molecular weight is 474 g/mol. The van der Waals surface area contributed by atoms with E-state index in [1.54, 1.807) is 52.0 Å². The molecule has 0 bridgehead atoms. The van der Waals surface area contributed by atoms with Gasteiger partial charge in [-0.25, -0.2) is 9.59 Å². The second kappa shape index (κ2) is 10.0. The summed E-state index contributed by atoms with van der Waals surface area (Å²) in [4.78, 5) is 50.4. The zero-order chi connectivity index (χ0) is 25.1. The lowest BCUT2D eigenvalue weighted by atomic mass is 9.61. The van der Waals surface area contributed by atoms with E-state index in [1.165, 1.54) is 4.90 Å². The van der Waals surface area contributed by atoms with Crippen molar-refractivity contribution < 1.29 is 29.0 Å². The molecule has 2 aliphatic rings. The molecule has 3 rings (SSSR count). The van der Waals surface area contributed by atoms with Crippen LogP contribution in [0.1, 0.15) is 80.5 Å². The second-order valence-electron chi connectivity index (χ2n) is 10.5. The Morgan fingerprint density at radius 3 is 2.21 bits per heavy atom. The van der Waals surface area contributed by atoms with Gasteiger partial charge >= 0.3 is 12.2 Å². The maximum Gasteiger partial charge on any atom is 0.407 e. The van der Waals surface area contributed by atoms with Gasteiger partial charge in [-0.1, -0.05) is 18.6 Å². The number of fused-ring (bicyclic) bond motifs is 1. The van der Waals surface area contributed by atoms with Crippen LogP contribution >= 0.6 is 0 Å². The Labute approximate surface area is 200 Å². The zero-order valence-electron chi connectivity index (χ0n) is 20.3. The number of carboxylic acid groups (broad SMARTS) is 1. The van der Waals surface area contributed by atoms with Crippen molar-refractivity contribution in [2.24, 2.45) is 11.3 Å². The Kier molecular flexibility index (Phi) is 7.53. The molecule has 3 N–H and O–H groups in total. The molecule has 9 heteroatoms. The number of alkyl carbamates (subject to hydrolysis) is 1. The minimum Gasteiger partial charge on any atom is -0.465 e. The Morgan fingerprint density at radius 2 is 1.74 bits per heavy atom. The summed E-state index contributed by atoms with van der Waals surface area (Å²) < 4.78 is 5.30. The third kappa shape index (κ3) is 6.07. The van der Waals surface area contributed by atoms with Gasteiger partial charge in [0.15, 0.2) is 0 Å². The molecule has 9 nitrogen and oxygen atoms in total. The van der Waals surface area contributed by atoms with Crippen molar-refractivity contribution in [3.8, 4) is 0 Å². The first-order valence-corrected chi connectivity index (χ1v) is 11.8. The predicted octanol–water partition coefficient (Wildman–Crippen LogP) is 4.03. The van der Waals surface area contributed by atoms with Crippen molar-refractivity contribution in [1.29, 1.82) is 0 Å². The van der Waals surface area contributed by atoms with Gasteiger partial charge in [-0.15, -0.1) is 0 Å². The summed E-state index contributed by atoms with van der Waals surface area (Å²) in [5.41, 5.74) is 0.0931. The predicted molar refractivity (Wildman–Crippen MR) is 126 cm³/mol. The summed E-state index contributed by atoms with van der Waals surface area (Å²) in [6, 6.07) is 6.26. The Morgan fingerprint density at radius 1 is 1.15 bits per heavy atom. The van der Waals surface area contributed by atoms with E-state index in [0.717, 1.165) is 19.3 Å². The van der Waals surface area contributed by atoms with Gasteiger partial charge in [0, 0.05) is 19.1 Å². The van der Waals surface area contributed by atoms with Crippen LogP contribution < -0.4 is 10.6 Å². The van der Waals surface area contributed by atoms with E-state index in [0.29, 0.717) is 30.5 Å². The molecule has 0 radical (unpaired) electrons. The average Bonchev–Trinajstić information content (AvgIpc) is 2.94. The van der Waals surface area contributed by atoms with Crippen molar-refractivity contribution >= 4 is 24.0 Å². The fourth-order valence-electron chi connectivity index (χ4n) is 4.88. The third-order valence-electron chi connectivity index (χ3n) is 6.79. The van der Waals surface area contributed by atoms with Crippen LogP contribution in [0.4, 0.5) is 9.59 Å². The van der Waals surface area contributed by atoms with Crippen LogP contribution in [0.2, 0.25) is 0 Å². The van der Waals surface area contributed by atoms with E-state index in [9.17, 15) is 24.3 Å². The van der Waals surface area contributed by atoms with Crippen LogP contribution in [-0.4, -0.2) is 58.7 Å². The lowest BCUT2D eigenvalue weighted by Gasteiger charge is -2.46. The molecule has 4 amide bonds. The zero-order valence-corrected chi connectivity index (χ0v) is 20.3. The normalized spacial score (nSPS) is 18.5. The summed E-state index contributed by atoms with van der Waals surface area (Å²) in [5, 5.41) is 14.6. The van der Waals surface area contributed by atoms with E-state index in [2.05, 4.69) is 10.6 Å². The van der Waals surface area contributed by atoms with Gasteiger partial charge in [0.2, 0.25) is 0 Å². The molecule has 1 aromatic carbocycles. The highest BCUT2D eigenvalue weighted by Gasteiger charge is 2.43. The molecule has 34 heavy (non-hydrogen) atoms. The number of amides is 4. The van der Waals surface area contributed by atoms with Gasteiger partial charge in [0.25, 0.3) is 11.8 Å². The first-order valence-electron chi connectivity index (χ1n) is 11.8. The van der Waals surface area contributed by atoms with Gasteiger partial charge < -0.3 is 20.5 Å². The molecule has 0 aromatic heterocycles. The number of ether oxygens (including phenoxy) is 1. The molecule has 2 unspecified atom stereocenters. The number of hydrogen-bond donors (Lipinski definition) is 3. The first-order chi connectivity index (χ1) is 15.9. The molecule has 186 valence electrons. The van der Waals surface area contributed by atoms with E-state index in [1.807, 2.05) is 0 Å². The highest BCUT2D eigenvalue weighted by atomic mass is 16.6. The van der Waals surface area contributed by atoms with Crippen molar-refractivity contribution in [2.45, 2.75) is 71.4 Å². The van der Waals surface area contributed by atoms with Crippen molar-refractivity contribution in [1.82, 2.24) is 15.5 Å². The minimum absolute atomic E-state index is 0.0905. The molecule has 2 atom stereocenters. The van der Waals surface area contributed by atoms with Crippen LogP contribution in [0, 0.1) is 11.3 Å². The quantitative estimate of drug-likeness (QED) is 0.465. The number of nitrogens with one attached hydrogen (secondary N) is 2. The second-order valence-corrected chi connectivity index (χ2v) is 10.5. The number of hydrogen-bond acceptors (Lipinski definition) is 5. The van der Waals surface area contributed by atoms with Gasteiger partial charge in [0.1, 0.15) is 5.60 Å². The van der Waals surface area contributed by atoms with E-state index in [-0.39, 0.29) is 29.7 Å². The molecular weight excluding hydrogens is 438 g/mol.